The molecule has 0 radical (unpaired) electrons. The van der Waals surface area contributed by atoms with Crippen molar-refractivity contribution < 1.29 is 36.7 Å². The molecular formula is C19H15F4NO4. The highest BCUT2D eigenvalue weighted by molar-refractivity contribution is 5.98. The summed E-state index contributed by atoms with van der Waals surface area (Å²) in [6.07, 6.45) is -5.04. The first kappa shape index (κ1) is 21.1. The zero-order valence-electron chi connectivity index (χ0n) is 14.4. The highest BCUT2D eigenvalue weighted by atomic mass is 19.4. The number of alkyl halides is 3. The Balaban J connectivity index is 1.77. The van der Waals surface area contributed by atoms with E-state index in [1.165, 1.54) is 18.2 Å². The Kier molecular flexibility index (Phi) is 6.86. The van der Waals surface area contributed by atoms with E-state index in [0.29, 0.717) is 0 Å². The molecule has 0 unspecified atom stereocenters. The van der Waals surface area contributed by atoms with Crippen LogP contribution >= 0.6 is 0 Å². The van der Waals surface area contributed by atoms with Crippen LogP contribution in [0.5, 0.6) is 0 Å². The molecule has 0 aromatic heterocycles. The average molecular weight is 397 g/mol. The lowest BCUT2D eigenvalue weighted by atomic mass is 10.1. The summed E-state index contributed by atoms with van der Waals surface area (Å²) in [5.74, 6) is -2.54. The molecule has 0 saturated heterocycles. The van der Waals surface area contributed by atoms with Crippen LogP contribution < -0.4 is 5.32 Å². The van der Waals surface area contributed by atoms with Gasteiger partial charge in [-0.25, -0.2) is 4.39 Å². The summed E-state index contributed by atoms with van der Waals surface area (Å²) in [5.41, 5.74) is -0.791. The number of nitrogens with one attached hydrogen (secondary N) is 1. The van der Waals surface area contributed by atoms with Crippen molar-refractivity contribution >= 4 is 23.3 Å². The van der Waals surface area contributed by atoms with Crippen molar-refractivity contribution in [3.63, 3.8) is 0 Å². The minimum absolute atomic E-state index is 0.0950. The highest BCUT2D eigenvalue weighted by Gasteiger charge is 2.30. The van der Waals surface area contributed by atoms with Crippen molar-refractivity contribution in [2.24, 2.45) is 0 Å². The van der Waals surface area contributed by atoms with Crippen LogP contribution in [0.1, 0.15) is 28.8 Å². The second-order valence-corrected chi connectivity index (χ2v) is 5.72. The third-order valence-corrected chi connectivity index (χ3v) is 3.56. The minimum Gasteiger partial charge on any atom is -0.456 e. The lowest BCUT2D eigenvalue weighted by molar-refractivity contribution is -0.147. The van der Waals surface area contributed by atoms with Crippen LogP contribution in [0.4, 0.5) is 23.2 Å². The van der Waals surface area contributed by atoms with Gasteiger partial charge in [-0.3, -0.25) is 14.4 Å². The first-order chi connectivity index (χ1) is 13.1. The maximum Gasteiger partial charge on any atom is 0.416 e. The number of ketones is 1. The van der Waals surface area contributed by atoms with Crippen molar-refractivity contribution in [1.82, 2.24) is 0 Å². The molecule has 0 atom stereocenters. The van der Waals surface area contributed by atoms with Crippen molar-refractivity contribution in [2.45, 2.75) is 19.0 Å². The summed E-state index contributed by atoms with van der Waals surface area (Å²) in [6.45, 7) is -0.709. The lowest BCUT2D eigenvalue weighted by Gasteiger charge is -2.10. The molecule has 2 aromatic carbocycles. The number of hydrogen-bond donors (Lipinski definition) is 1. The summed E-state index contributed by atoms with van der Waals surface area (Å²) in [6, 6.07) is 8.79. The monoisotopic (exact) mass is 397 g/mol. The Labute approximate surface area is 157 Å². The third kappa shape index (κ3) is 6.49. The maximum absolute atomic E-state index is 12.8. The van der Waals surface area contributed by atoms with Crippen LogP contribution in [-0.4, -0.2) is 24.3 Å². The zero-order chi connectivity index (χ0) is 20.7. The fourth-order valence-corrected chi connectivity index (χ4v) is 2.18. The van der Waals surface area contributed by atoms with Gasteiger partial charge < -0.3 is 10.1 Å². The van der Waals surface area contributed by atoms with Crippen molar-refractivity contribution in [3.8, 4) is 0 Å². The van der Waals surface area contributed by atoms with Gasteiger partial charge in [0.2, 0.25) is 0 Å². The topological polar surface area (TPSA) is 72.5 Å². The van der Waals surface area contributed by atoms with Gasteiger partial charge in [0.1, 0.15) is 5.82 Å². The SMILES string of the molecule is O=C(COC(=O)CCC(=O)c1ccc(F)cc1)Nc1cccc(C(F)(F)F)c1. The minimum atomic E-state index is -4.55. The number of rotatable bonds is 7. The molecule has 0 saturated carbocycles. The molecule has 0 aliphatic carbocycles. The predicted molar refractivity (Wildman–Crippen MR) is 91.0 cm³/mol. The maximum atomic E-state index is 12.8. The number of esters is 1. The van der Waals surface area contributed by atoms with Gasteiger partial charge in [0.25, 0.3) is 5.91 Å². The Hall–Kier alpha value is -3.23. The third-order valence-electron chi connectivity index (χ3n) is 3.56. The number of anilines is 1. The standard InChI is InChI=1S/C19H15F4NO4/c20-14-6-4-12(5-7-14)16(25)8-9-18(27)28-11-17(26)24-15-3-1-2-13(10-15)19(21,22)23/h1-7,10H,8-9,11H2,(H,24,26). The molecule has 0 bridgehead atoms. The Morgan fingerprint density at radius 3 is 2.29 bits per heavy atom. The first-order valence-electron chi connectivity index (χ1n) is 8.06. The van der Waals surface area contributed by atoms with Crippen molar-refractivity contribution in [3.05, 3.63) is 65.5 Å². The molecule has 1 amide bonds. The van der Waals surface area contributed by atoms with Crippen LogP contribution in [0.25, 0.3) is 0 Å². The lowest BCUT2D eigenvalue weighted by Crippen LogP contribution is -2.21. The van der Waals surface area contributed by atoms with Gasteiger partial charge in [-0.2, -0.15) is 13.2 Å². The molecule has 0 spiro atoms. The van der Waals surface area contributed by atoms with E-state index in [-0.39, 0.29) is 24.1 Å². The Morgan fingerprint density at radius 1 is 0.964 bits per heavy atom. The van der Waals surface area contributed by atoms with E-state index in [2.05, 4.69) is 5.32 Å². The fourth-order valence-electron chi connectivity index (χ4n) is 2.18. The van der Waals surface area contributed by atoms with Gasteiger partial charge >= 0.3 is 12.1 Å². The molecule has 5 nitrogen and oxygen atoms in total. The largest absolute Gasteiger partial charge is 0.456 e. The van der Waals surface area contributed by atoms with Crippen molar-refractivity contribution in [2.75, 3.05) is 11.9 Å². The Bertz CT molecular complexity index is 863. The first-order valence-corrected chi connectivity index (χ1v) is 8.06. The molecule has 28 heavy (non-hydrogen) atoms. The second kappa shape index (κ2) is 9.12. The number of halogens is 4. The normalized spacial score (nSPS) is 11.0. The zero-order valence-corrected chi connectivity index (χ0v) is 14.4. The molecule has 9 heteroatoms. The molecule has 148 valence electrons. The van der Waals surface area contributed by atoms with E-state index in [0.717, 1.165) is 30.3 Å². The molecule has 2 aromatic rings. The average Bonchev–Trinajstić information content (AvgIpc) is 2.64. The summed E-state index contributed by atoms with van der Waals surface area (Å²) >= 11 is 0. The second-order valence-electron chi connectivity index (χ2n) is 5.72. The van der Waals surface area contributed by atoms with Gasteiger partial charge in [-0.15, -0.1) is 0 Å². The fraction of sp³-hybridized carbons (Fsp3) is 0.211. The molecule has 0 fully saturated rings. The number of Topliss-reactive ketones (excluding diaryl/α,β-unsaturated/α-hetero) is 1. The van der Waals surface area contributed by atoms with Crippen LogP contribution in [0.15, 0.2) is 48.5 Å². The highest BCUT2D eigenvalue weighted by Crippen LogP contribution is 2.30. The van der Waals surface area contributed by atoms with E-state index in [1.54, 1.807) is 0 Å². The van der Waals surface area contributed by atoms with E-state index in [9.17, 15) is 31.9 Å². The summed E-state index contributed by atoms with van der Waals surface area (Å²) in [7, 11) is 0. The van der Waals surface area contributed by atoms with E-state index >= 15 is 0 Å². The van der Waals surface area contributed by atoms with Crippen LogP contribution in [0.2, 0.25) is 0 Å². The predicted octanol–water partition coefficient (Wildman–Crippen LogP) is 3.99. The summed E-state index contributed by atoms with van der Waals surface area (Å²) in [4.78, 5) is 35.2. The van der Waals surface area contributed by atoms with E-state index in [4.69, 9.17) is 4.74 Å². The van der Waals surface area contributed by atoms with Crippen molar-refractivity contribution in [1.29, 1.82) is 0 Å². The van der Waals surface area contributed by atoms with Gasteiger partial charge in [-0.1, -0.05) is 6.07 Å². The number of ether oxygens (including phenoxy) is 1. The van der Waals surface area contributed by atoms with Crippen LogP contribution in [-0.2, 0) is 20.5 Å². The molecule has 2 rings (SSSR count). The number of hydrogen-bond acceptors (Lipinski definition) is 4. The van der Waals surface area contributed by atoms with Crippen LogP contribution in [0.3, 0.4) is 0 Å². The van der Waals surface area contributed by atoms with Gasteiger partial charge in [0.15, 0.2) is 12.4 Å². The molecule has 0 aliphatic heterocycles. The summed E-state index contributed by atoms with van der Waals surface area (Å²) < 4.78 is 55.4. The molecule has 0 aliphatic rings. The van der Waals surface area contributed by atoms with Gasteiger partial charge in [0.05, 0.1) is 12.0 Å². The van der Waals surface area contributed by atoms with E-state index in [1.807, 2.05) is 0 Å². The Morgan fingerprint density at radius 2 is 1.64 bits per heavy atom. The number of carbonyl (C=O) groups is 3. The molecular weight excluding hydrogens is 382 g/mol. The van der Waals surface area contributed by atoms with Crippen LogP contribution in [0, 0.1) is 5.82 Å². The molecule has 0 heterocycles. The number of carbonyl (C=O) groups excluding carboxylic acids is 3. The van der Waals surface area contributed by atoms with Gasteiger partial charge in [0, 0.05) is 17.7 Å². The smallest absolute Gasteiger partial charge is 0.416 e. The number of benzene rings is 2. The quantitative estimate of drug-likeness (QED) is 0.436. The van der Waals surface area contributed by atoms with Gasteiger partial charge in [-0.05, 0) is 42.5 Å². The summed E-state index contributed by atoms with van der Waals surface area (Å²) in [5, 5.41) is 2.19. The number of amides is 1. The molecule has 1 N–H and O–H groups in total. The van der Waals surface area contributed by atoms with E-state index < -0.39 is 41.8 Å².